The van der Waals surface area contributed by atoms with Crippen LogP contribution in [0.3, 0.4) is 0 Å². The number of nitrogens with zero attached hydrogens (tertiary/aromatic N) is 3. The number of aromatic nitrogens is 2. The summed E-state index contributed by atoms with van der Waals surface area (Å²) in [6.45, 7) is 0.531. The first-order valence-corrected chi connectivity index (χ1v) is 10.3. The van der Waals surface area contributed by atoms with Gasteiger partial charge in [-0.15, -0.1) is 0 Å². The summed E-state index contributed by atoms with van der Waals surface area (Å²) in [5.41, 5.74) is 1.71. The van der Waals surface area contributed by atoms with Crippen molar-refractivity contribution >= 4 is 21.4 Å². The number of rotatable bonds is 7. The molecular weight excluding hydrogens is 362 g/mol. The van der Waals surface area contributed by atoms with Crippen molar-refractivity contribution in [1.82, 2.24) is 9.55 Å². The van der Waals surface area contributed by atoms with Gasteiger partial charge in [0.2, 0.25) is 5.91 Å². The van der Waals surface area contributed by atoms with Crippen LogP contribution in [0.4, 0.5) is 5.69 Å². The Morgan fingerprint density at radius 2 is 1.67 bits per heavy atom. The van der Waals surface area contributed by atoms with E-state index >= 15 is 0 Å². The van der Waals surface area contributed by atoms with Crippen molar-refractivity contribution in [2.75, 3.05) is 17.7 Å². The second-order valence-electron chi connectivity index (χ2n) is 6.28. The van der Waals surface area contributed by atoms with Gasteiger partial charge in [0, 0.05) is 31.7 Å². The van der Waals surface area contributed by atoms with E-state index in [9.17, 15) is 13.2 Å². The molecule has 0 N–H and O–H groups in total. The van der Waals surface area contributed by atoms with Gasteiger partial charge in [-0.2, -0.15) is 0 Å². The number of carbonyl (C=O) groups is 1. The molecule has 0 bridgehead atoms. The van der Waals surface area contributed by atoms with Crippen LogP contribution in [0.1, 0.15) is 11.4 Å². The van der Waals surface area contributed by atoms with E-state index < -0.39 is 21.5 Å². The number of para-hydroxylation sites is 1. The molecule has 0 radical (unpaired) electrons. The first-order chi connectivity index (χ1) is 12.9. The Kier molecular flexibility index (Phi) is 5.71. The highest BCUT2D eigenvalue weighted by Crippen LogP contribution is 2.14. The van der Waals surface area contributed by atoms with Crippen molar-refractivity contribution < 1.29 is 13.2 Å². The molecule has 0 atom stereocenters. The van der Waals surface area contributed by atoms with E-state index in [-0.39, 0.29) is 5.75 Å². The second-order valence-corrected chi connectivity index (χ2v) is 8.34. The van der Waals surface area contributed by atoms with Crippen LogP contribution in [-0.2, 0) is 26.9 Å². The third kappa shape index (κ3) is 5.04. The lowest BCUT2D eigenvalue weighted by molar-refractivity contribution is -0.115. The van der Waals surface area contributed by atoms with Crippen LogP contribution in [0.15, 0.2) is 73.1 Å². The zero-order chi connectivity index (χ0) is 19.3. The van der Waals surface area contributed by atoms with Crippen LogP contribution < -0.4 is 4.90 Å². The molecule has 2 aromatic carbocycles. The Morgan fingerprint density at radius 1 is 1.04 bits per heavy atom. The topological polar surface area (TPSA) is 72.3 Å². The highest BCUT2D eigenvalue weighted by molar-refractivity contribution is 7.91. The molecule has 3 aromatic rings. The van der Waals surface area contributed by atoms with Crippen molar-refractivity contribution in [1.29, 1.82) is 0 Å². The van der Waals surface area contributed by atoms with Gasteiger partial charge in [0.25, 0.3) is 0 Å². The van der Waals surface area contributed by atoms with Crippen LogP contribution in [0.25, 0.3) is 0 Å². The van der Waals surface area contributed by atoms with Crippen molar-refractivity contribution in [3.05, 3.63) is 84.4 Å². The molecule has 7 heteroatoms. The summed E-state index contributed by atoms with van der Waals surface area (Å²) in [6, 6.07) is 18.7. The maximum Gasteiger partial charge on any atom is 0.241 e. The zero-order valence-electron chi connectivity index (χ0n) is 15.0. The van der Waals surface area contributed by atoms with Crippen molar-refractivity contribution in [3.8, 4) is 0 Å². The number of hydrogen-bond donors (Lipinski definition) is 0. The summed E-state index contributed by atoms with van der Waals surface area (Å²) in [7, 11) is -2.07. The number of carbonyl (C=O) groups excluding carboxylic acids is 1. The monoisotopic (exact) mass is 383 g/mol. The fourth-order valence-corrected chi connectivity index (χ4v) is 4.04. The summed E-state index contributed by atoms with van der Waals surface area (Å²) < 4.78 is 26.9. The second kappa shape index (κ2) is 8.18. The summed E-state index contributed by atoms with van der Waals surface area (Å²) in [5.74, 6) is -0.881. The van der Waals surface area contributed by atoms with E-state index in [0.29, 0.717) is 18.1 Å². The molecule has 6 nitrogen and oxygen atoms in total. The molecule has 3 rings (SSSR count). The molecule has 1 heterocycles. The fraction of sp³-hybridized carbons (Fsp3) is 0.200. The van der Waals surface area contributed by atoms with E-state index in [1.165, 1.54) is 4.90 Å². The minimum atomic E-state index is -3.65. The van der Waals surface area contributed by atoms with Gasteiger partial charge in [-0.05, 0) is 17.7 Å². The Hall–Kier alpha value is -2.93. The Labute approximate surface area is 159 Å². The highest BCUT2D eigenvalue weighted by Gasteiger charge is 2.23. The number of amides is 1. The maximum absolute atomic E-state index is 12.5. The first-order valence-electron chi connectivity index (χ1n) is 8.50. The summed E-state index contributed by atoms with van der Waals surface area (Å²) in [6.07, 6.45) is 3.32. The highest BCUT2D eigenvalue weighted by atomic mass is 32.2. The molecule has 0 aliphatic rings. The Bertz CT molecular complexity index is 999. The van der Waals surface area contributed by atoms with Crippen molar-refractivity contribution in [2.24, 2.45) is 0 Å². The molecule has 0 spiro atoms. The average molecular weight is 383 g/mol. The molecule has 1 amide bonds. The SMILES string of the molecule is CN(C(=O)CS(=O)(=O)Cc1nccn1Cc1ccccc1)c1ccccc1. The summed E-state index contributed by atoms with van der Waals surface area (Å²) >= 11 is 0. The van der Waals surface area contributed by atoms with Gasteiger partial charge in [-0.3, -0.25) is 4.79 Å². The summed E-state index contributed by atoms with van der Waals surface area (Å²) in [4.78, 5) is 17.9. The number of sulfone groups is 1. The van der Waals surface area contributed by atoms with Gasteiger partial charge >= 0.3 is 0 Å². The predicted molar refractivity (Wildman–Crippen MR) is 105 cm³/mol. The van der Waals surface area contributed by atoms with E-state index in [1.807, 2.05) is 36.4 Å². The van der Waals surface area contributed by atoms with E-state index in [2.05, 4.69) is 4.98 Å². The van der Waals surface area contributed by atoms with Gasteiger partial charge in [-0.25, -0.2) is 13.4 Å². The minimum absolute atomic E-state index is 0.277. The minimum Gasteiger partial charge on any atom is -0.330 e. The smallest absolute Gasteiger partial charge is 0.241 e. The number of imidazole rings is 1. The largest absolute Gasteiger partial charge is 0.330 e. The Morgan fingerprint density at radius 3 is 2.33 bits per heavy atom. The zero-order valence-corrected chi connectivity index (χ0v) is 15.8. The van der Waals surface area contributed by atoms with Gasteiger partial charge < -0.3 is 9.47 Å². The molecule has 140 valence electrons. The Balaban J connectivity index is 1.68. The molecule has 0 aliphatic heterocycles. The lowest BCUT2D eigenvalue weighted by atomic mass is 10.2. The van der Waals surface area contributed by atoms with Gasteiger partial charge in [0.15, 0.2) is 9.84 Å². The van der Waals surface area contributed by atoms with Gasteiger partial charge in [0.1, 0.15) is 17.3 Å². The van der Waals surface area contributed by atoms with Gasteiger partial charge in [0.05, 0.1) is 0 Å². The van der Waals surface area contributed by atoms with Crippen LogP contribution in [0, 0.1) is 0 Å². The van der Waals surface area contributed by atoms with Crippen LogP contribution >= 0.6 is 0 Å². The molecular formula is C20H21N3O3S. The number of benzene rings is 2. The van der Waals surface area contributed by atoms with Crippen LogP contribution in [0.5, 0.6) is 0 Å². The fourth-order valence-electron chi connectivity index (χ4n) is 2.73. The third-order valence-electron chi connectivity index (χ3n) is 4.21. The normalized spacial score (nSPS) is 11.3. The molecule has 0 fully saturated rings. The number of hydrogen-bond acceptors (Lipinski definition) is 4. The molecule has 0 saturated carbocycles. The van der Waals surface area contributed by atoms with Crippen LogP contribution in [0.2, 0.25) is 0 Å². The molecule has 27 heavy (non-hydrogen) atoms. The average Bonchev–Trinajstić information content (AvgIpc) is 3.08. The lowest BCUT2D eigenvalue weighted by Gasteiger charge is -2.17. The maximum atomic E-state index is 12.5. The van der Waals surface area contributed by atoms with Gasteiger partial charge in [-0.1, -0.05) is 48.5 Å². The quantitative estimate of drug-likeness (QED) is 0.628. The standard InChI is InChI=1S/C20H21N3O3S/c1-22(18-10-6-3-7-11-18)20(24)16-27(25,26)15-19-21-12-13-23(19)14-17-8-4-2-5-9-17/h2-13H,14-16H2,1H3. The molecule has 0 aliphatic carbocycles. The van der Waals surface area contributed by atoms with E-state index in [1.54, 1.807) is 48.3 Å². The molecule has 1 aromatic heterocycles. The summed E-state index contributed by atoms with van der Waals surface area (Å²) in [5, 5.41) is 0. The first kappa shape index (κ1) is 18.8. The van der Waals surface area contributed by atoms with Crippen molar-refractivity contribution in [3.63, 3.8) is 0 Å². The lowest BCUT2D eigenvalue weighted by Crippen LogP contribution is -2.33. The van der Waals surface area contributed by atoms with E-state index in [4.69, 9.17) is 0 Å². The molecule has 0 saturated heterocycles. The predicted octanol–water partition coefficient (Wildman–Crippen LogP) is 2.51. The van der Waals surface area contributed by atoms with Crippen LogP contribution in [-0.4, -0.2) is 36.7 Å². The van der Waals surface area contributed by atoms with Crippen molar-refractivity contribution in [2.45, 2.75) is 12.3 Å². The third-order valence-corrected chi connectivity index (χ3v) is 5.59. The van der Waals surface area contributed by atoms with E-state index in [0.717, 1.165) is 5.56 Å². The molecule has 0 unspecified atom stereocenters. The number of anilines is 1.